The maximum Gasteiger partial charge on any atom is 0.213 e. The Bertz CT molecular complexity index is 1210. The number of fused-ring (bicyclic) bond motifs is 4. The Labute approximate surface area is 160 Å². The third-order valence-electron chi connectivity index (χ3n) is 6.27. The molecule has 0 saturated carbocycles. The maximum absolute atomic E-state index is 2.36. The molecule has 0 saturated heterocycles. The van der Waals surface area contributed by atoms with Crippen LogP contribution in [0.3, 0.4) is 0 Å². The van der Waals surface area contributed by atoms with Gasteiger partial charge in [-0.05, 0) is 46.9 Å². The van der Waals surface area contributed by atoms with Crippen LogP contribution in [0.4, 0.5) is 0 Å². The molecule has 1 nitrogen and oxygen atoms in total. The highest BCUT2D eigenvalue weighted by atomic mass is 14.9. The highest BCUT2D eigenvalue weighted by Gasteiger charge is 2.39. The molecule has 132 valence electrons. The van der Waals surface area contributed by atoms with Gasteiger partial charge in [-0.15, -0.1) is 0 Å². The summed E-state index contributed by atoms with van der Waals surface area (Å²) in [4.78, 5) is 0. The number of aromatic nitrogens is 1. The molecule has 0 N–H and O–H groups in total. The zero-order chi connectivity index (χ0) is 18.8. The van der Waals surface area contributed by atoms with E-state index in [1.54, 1.807) is 0 Å². The summed E-state index contributed by atoms with van der Waals surface area (Å²) in [6.45, 7) is 6.97. The van der Waals surface area contributed by atoms with Crippen LogP contribution in [0.25, 0.3) is 33.3 Å². The lowest BCUT2D eigenvalue weighted by molar-refractivity contribution is -0.633. The van der Waals surface area contributed by atoms with Crippen LogP contribution in [-0.4, -0.2) is 0 Å². The molecule has 1 heteroatoms. The zero-order valence-electron chi connectivity index (χ0n) is 16.4. The summed E-state index contributed by atoms with van der Waals surface area (Å²) in [6, 6.07) is 26.6. The van der Waals surface area contributed by atoms with Crippen molar-refractivity contribution in [3.05, 3.63) is 89.5 Å². The fourth-order valence-corrected chi connectivity index (χ4v) is 4.90. The van der Waals surface area contributed by atoms with E-state index in [1.807, 2.05) is 0 Å². The normalized spacial score (nSPS) is 14.2. The minimum Gasteiger partial charge on any atom is -0.194 e. The molecule has 0 spiro atoms. The van der Waals surface area contributed by atoms with Crippen LogP contribution in [0, 0.1) is 6.92 Å². The second-order valence-corrected chi connectivity index (χ2v) is 8.19. The summed E-state index contributed by atoms with van der Waals surface area (Å²) in [6.07, 6.45) is 0. The lowest BCUT2D eigenvalue weighted by Gasteiger charge is -2.24. The van der Waals surface area contributed by atoms with E-state index >= 15 is 0 Å². The highest BCUT2D eigenvalue weighted by Crippen LogP contribution is 2.52. The van der Waals surface area contributed by atoms with Crippen molar-refractivity contribution in [3.8, 4) is 22.4 Å². The lowest BCUT2D eigenvalue weighted by atomic mass is 9.78. The molecule has 0 bridgehead atoms. The SMILES string of the molecule is Cc1ccc2c(c1-c1ccc3ccccc3[n+]1C)C(C)(C)c1ccccc1-2. The number of pyridine rings is 1. The average Bonchev–Trinajstić information content (AvgIpc) is 2.91. The van der Waals surface area contributed by atoms with E-state index in [1.165, 1.54) is 50.0 Å². The first kappa shape index (κ1) is 16.3. The van der Waals surface area contributed by atoms with Crippen LogP contribution in [-0.2, 0) is 12.5 Å². The van der Waals surface area contributed by atoms with Gasteiger partial charge >= 0.3 is 0 Å². The standard InChI is InChI=1S/C26H24N/c1-17-13-15-20-19-10-6-7-11-21(19)26(2,3)25(20)24(17)23-16-14-18-9-5-8-12-22(18)27(23)4/h5-16H,1-4H3/q+1. The van der Waals surface area contributed by atoms with E-state index in [-0.39, 0.29) is 5.41 Å². The Hall–Kier alpha value is -2.93. The number of aryl methyl sites for hydroxylation is 2. The first-order valence-corrected chi connectivity index (χ1v) is 9.62. The first-order valence-electron chi connectivity index (χ1n) is 9.62. The minimum absolute atomic E-state index is 0.00801. The van der Waals surface area contributed by atoms with E-state index in [2.05, 4.69) is 105 Å². The molecule has 0 unspecified atom stereocenters. The van der Waals surface area contributed by atoms with Gasteiger partial charge in [-0.1, -0.05) is 62.4 Å². The van der Waals surface area contributed by atoms with E-state index in [9.17, 15) is 0 Å². The van der Waals surface area contributed by atoms with Crippen molar-refractivity contribution < 1.29 is 4.57 Å². The molecule has 5 rings (SSSR count). The van der Waals surface area contributed by atoms with Crippen molar-refractivity contribution in [1.29, 1.82) is 0 Å². The Balaban J connectivity index is 1.88. The van der Waals surface area contributed by atoms with Gasteiger partial charge in [0.1, 0.15) is 7.05 Å². The molecular weight excluding hydrogens is 326 g/mol. The third-order valence-corrected chi connectivity index (χ3v) is 6.27. The fourth-order valence-electron chi connectivity index (χ4n) is 4.90. The second-order valence-electron chi connectivity index (χ2n) is 8.19. The van der Waals surface area contributed by atoms with Crippen LogP contribution in [0.15, 0.2) is 72.8 Å². The highest BCUT2D eigenvalue weighted by molar-refractivity contribution is 5.89. The number of para-hydroxylation sites is 1. The summed E-state index contributed by atoms with van der Waals surface area (Å²) in [7, 11) is 2.19. The summed E-state index contributed by atoms with van der Waals surface area (Å²) in [5.41, 5.74) is 10.9. The Morgan fingerprint density at radius 1 is 0.741 bits per heavy atom. The van der Waals surface area contributed by atoms with Crippen molar-refractivity contribution in [3.63, 3.8) is 0 Å². The summed E-state index contributed by atoms with van der Waals surface area (Å²) in [5, 5.41) is 1.27. The van der Waals surface area contributed by atoms with Crippen LogP contribution < -0.4 is 4.57 Å². The number of rotatable bonds is 1. The molecule has 0 radical (unpaired) electrons. The van der Waals surface area contributed by atoms with Gasteiger partial charge < -0.3 is 0 Å². The third kappa shape index (κ3) is 2.15. The topological polar surface area (TPSA) is 3.88 Å². The lowest BCUT2D eigenvalue weighted by Crippen LogP contribution is -2.33. The molecule has 0 amide bonds. The van der Waals surface area contributed by atoms with Gasteiger partial charge in [-0.2, -0.15) is 4.57 Å². The number of hydrogen-bond acceptors (Lipinski definition) is 0. The molecular formula is C26H24N+. The Kier molecular flexibility index (Phi) is 3.33. The van der Waals surface area contributed by atoms with Crippen molar-refractivity contribution in [2.75, 3.05) is 0 Å². The van der Waals surface area contributed by atoms with Gasteiger partial charge in [0.05, 0.1) is 5.56 Å². The maximum atomic E-state index is 2.36. The average molecular weight is 350 g/mol. The molecule has 1 heterocycles. The predicted molar refractivity (Wildman–Crippen MR) is 113 cm³/mol. The number of hydrogen-bond donors (Lipinski definition) is 0. The number of benzene rings is 3. The largest absolute Gasteiger partial charge is 0.213 e. The van der Waals surface area contributed by atoms with Crippen LogP contribution in [0.1, 0.15) is 30.5 Å². The monoisotopic (exact) mass is 350 g/mol. The smallest absolute Gasteiger partial charge is 0.194 e. The van der Waals surface area contributed by atoms with Crippen molar-refractivity contribution in [2.24, 2.45) is 7.05 Å². The van der Waals surface area contributed by atoms with Gasteiger partial charge in [0.2, 0.25) is 11.2 Å². The van der Waals surface area contributed by atoms with E-state index in [0.717, 1.165) is 0 Å². The molecule has 0 fully saturated rings. The molecule has 1 aromatic heterocycles. The van der Waals surface area contributed by atoms with Gasteiger partial charge in [0.15, 0.2) is 0 Å². The van der Waals surface area contributed by atoms with E-state index in [0.29, 0.717) is 0 Å². The molecule has 3 aromatic carbocycles. The van der Waals surface area contributed by atoms with Crippen LogP contribution in [0.2, 0.25) is 0 Å². The molecule has 0 aliphatic heterocycles. The van der Waals surface area contributed by atoms with Gasteiger partial charge in [0.25, 0.3) is 0 Å². The second kappa shape index (κ2) is 5.53. The molecule has 4 aromatic rings. The molecule has 1 aliphatic rings. The summed E-state index contributed by atoms with van der Waals surface area (Å²) in [5.74, 6) is 0. The van der Waals surface area contributed by atoms with Crippen molar-refractivity contribution >= 4 is 10.9 Å². The first-order chi connectivity index (χ1) is 13.0. The quantitative estimate of drug-likeness (QED) is 0.374. The minimum atomic E-state index is -0.00801. The number of nitrogens with zero attached hydrogens (tertiary/aromatic N) is 1. The van der Waals surface area contributed by atoms with E-state index in [4.69, 9.17) is 0 Å². The molecule has 1 aliphatic carbocycles. The van der Waals surface area contributed by atoms with Crippen molar-refractivity contribution in [1.82, 2.24) is 0 Å². The predicted octanol–water partition coefficient (Wildman–Crippen LogP) is 5.95. The van der Waals surface area contributed by atoms with Crippen LogP contribution >= 0.6 is 0 Å². The molecule has 27 heavy (non-hydrogen) atoms. The Morgan fingerprint density at radius 3 is 2.33 bits per heavy atom. The van der Waals surface area contributed by atoms with E-state index < -0.39 is 0 Å². The fraction of sp³-hybridized carbons (Fsp3) is 0.192. The van der Waals surface area contributed by atoms with Gasteiger partial charge in [-0.25, -0.2) is 0 Å². The summed E-state index contributed by atoms with van der Waals surface area (Å²) < 4.78 is 2.34. The zero-order valence-corrected chi connectivity index (χ0v) is 16.4. The van der Waals surface area contributed by atoms with Gasteiger partial charge in [-0.3, -0.25) is 0 Å². The molecule has 0 atom stereocenters. The van der Waals surface area contributed by atoms with Crippen molar-refractivity contribution in [2.45, 2.75) is 26.2 Å². The summed E-state index contributed by atoms with van der Waals surface area (Å²) >= 11 is 0. The van der Waals surface area contributed by atoms with Crippen LogP contribution in [0.5, 0.6) is 0 Å². The Morgan fingerprint density at radius 2 is 1.48 bits per heavy atom. The van der Waals surface area contributed by atoms with Gasteiger partial charge in [0, 0.05) is 22.9 Å².